The topological polar surface area (TPSA) is 55.8 Å². The lowest BCUT2D eigenvalue weighted by Gasteiger charge is -2.10. The zero-order chi connectivity index (χ0) is 16.1. The Morgan fingerprint density at radius 3 is 2.32 bits per heavy atom. The van der Waals surface area contributed by atoms with E-state index in [4.69, 9.17) is 9.47 Å². The zero-order valence-corrected chi connectivity index (χ0v) is 12.8. The van der Waals surface area contributed by atoms with Crippen molar-refractivity contribution in [2.24, 2.45) is 0 Å². The number of carboxylic acids is 1. The fourth-order valence-corrected chi connectivity index (χ4v) is 2.24. The average Bonchev–Trinajstić information content (AvgIpc) is 2.53. The first-order chi connectivity index (χ1) is 10.6. The maximum atomic E-state index is 11.6. The van der Waals surface area contributed by atoms with E-state index in [0.717, 1.165) is 11.1 Å². The van der Waals surface area contributed by atoms with Crippen LogP contribution in [0.25, 0.3) is 11.6 Å². The summed E-state index contributed by atoms with van der Waals surface area (Å²) in [5.41, 5.74) is 2.59. The molecule has 0 heterocycles. The van der Waals surface area contributed by atoms with Crippen LogP contribution in [0.5, 0.6) is 11.5 Å². The largest absolute Gasteiger partial charge is 0.493 e. The predicted molar refractivity (Wildman–Crippen MR) is 86.2 cm³/mol. The highest BCUT2D eigenvalue weighted by Gasteiger charge is 2.13. The van der Waals surface area contributed by atoms with Gasteiger partial charge in [-0.25, -0.2) is 4.79 Å². The second kappa shape index (κ2) is 6.80. The van der Waals surface area contributed by atoms with E-state index in [1.165, 1.54) is 0 Å². The lowest BCUT2D eigenvalue weighted by Crippen LogP contribution is -2.01. The molecule has 0 amide bonds. The molecule has 0 spiro atoms. The molecule has 0 radical (unpaired) electrons. The van der Waals surface area contributed by atoms with Crippen LogP contribution in [-0.4, -0.2) is 25.3 Å². The SMILES string of the molecule is COc1ccc(/C=C(/C(=O)O)c2ccccc2C)cc1OC. The molecule has 2 aromatic rings. The summed E-state index contributed by atoms with van der Waals surface area (Å²) in [6.07, 6.45) is 1.63. The Balaban J connectivity index is 2.52. The van der Waals surface area contributed by atoms with Crippen molar-refractivity contribution < 1.29 is 19.4 Å². The predicted octanol–water partition coefficient (Wildman–Crippen LogP) is 3.64. The molecule has 0 unspecified atom stereocenters. The third-order valence-electron chi connectivity index (χ3n) is 3.38. The number of hydrogen-bond donors (Lipinski definition) is 1. The van der Waals surface area contributed by atoms with Crippen LogP contribution in [0, 0.1) is 6.92 Å². The number of aliphatic carboxylic acids is 1. The van der Waals surface area contributed by atoms with Crippen molar-refractivity contribution in [2.75, 3.05) is 14.2 Å². The lowest BCUT2D eigenvalue weighted by molar-refractivity contribution is -0.130. The smallest absolute Gasteiger partial charge is 0.336 e. The molecule has 0 atom stereocenters. The zero-order valence-electron chi connectivity index (χ0n) is 12.8. The molecular weight excluding hydrogens is 280 g/mol. The van der Waals surface area contributed by atoms with E-state index in [2.05, 4.69) is 0 Å². The Kier molecular flexibility index (Phi) is 4.84. The van der Waals surface area contributed by atoms with Gasteiger partial charge in [0.2, 0.25) is 0 Å². The van der Waals surface area contributed by atoms with Gasteiger partial charge in [-0.15, -0.1) is 0 Å². The highest BCUT2D eigenvalue weighted by molar-refractivity contribution is 6.21. The van der Waals surface area contributed by atoms with Gasteiger partial charge in [0.15, 0.2) is 11.5 Å². The van der Waals surface area contributed by atoms with Crippen molar-refractivity contribution in [2.45, 2.75) is 6.92 Å². The van der Waals surface area contributed by atoms with E-state index in [9.17, 15) is 9.90 Å². The van der Waals surface area contributed by atoms with E-state index < -0.39 is 5.97 Å². The van der Waals surface area contributed by atoms with Crippen LogP contribution in [0.15, 0.2) is 42.5 Å². The minimum atomic E-state index is -0.968. The van der Waals surface area contributed by atoms with Crippen molar-refractivity contribution in [1.29, 1.82) is 0 Å². The van der Waals surface area contributed by atoms with Gasteiger partial charge in [0, 0.05) is 0 Å². The quantitative estimate of drug-likeness (QED) is 0.676. The van der Waals surface area contributed by atoms with Gasteiger partial charge >= 0.3 is 5.97 Å². The molecule has 0 bridgehead atoms. The van der Waals surface area contributed by atoms with Gasteiger partial charge in [-0.3, -0.25) is 0 Å². The van der Waals surface area contributed by atoms with E-state index in [-0.39, 0.29) is 5.57 Å². The molecule has 0 saturated carbocycles. The monoisotopic (exact) mass is 298 g/mol. The van der Waals surface area contributed by atoms with E-state index in [1.807, 2.05) is 25.1 Å². The van der Waals surface area contributed by atoms with Crippen LogP contribution in [-0.2, 0) is 4.79 Å². The Labute approximate surface area is 129 Å². The molecule has 2 aromatic carbocycles. The van der Waals surface area contributed by atoms with Gasteiger partial charge in [-0.2, -0.15) is 0 Å². The number of carboxylic acid groups (broad SMARTS) is 1. The van der Waals surface area contributed by atoms with Crippen molar-refractivity contribution >= 4 is 17.6 Å². The van der Waals surface area contributed by atoms with Crippen molar-refractivity contribution in [1.82, 2.24) is 0 Å². The summed E-state index contributed by atoms with van der Waals surface area (Å²) in [6.45, 7) is 1.89. The third-order valence-corrected chi connectivity index (χ3v) is 3.38. The molecule has 4 heteroatoms. The molecule has 4 nitrogen and oxygen atoms in total. The van der Waals surface area contributed by atoms with Crippen molar-refractivity contribution in [3.63, 3.8) is 0 Å². The summed E-state index contributed by atoms with van der Waals surface area (Å²) < 4.78 is 10.4. The molecule has 0 aromatic heterocycles. The molecule has 0 saturated heterocycles. The minimum absolute atomic E-state index is 0.241. The fraction of sp³-hybridized carbons (Fsp3) is 0.167. The highest BCUT2D eigenvalue weighted by Crippen LogP contribution is 2.30. The number of hydrogen-bond acceptors (Lipinski definition) is 3. The Hall–Kier alpha value is -2.75. The third kappa shape index (κ3) is 3.28. The molecule has 2 rings (SSSR count). The maximum Gasteiger partial charge on any atom is 0.336 e. The van der Waals surface area contributed by atoms with Crippen LogP contribution in [0.2, 0.25) is 0 Å². The first-order valence-electron chi connectivity index (χ1n) is 6.80. The molecule has 1 N–H and O–H groups in total. The lowest BCUT2D eigenvalue weighted by atomic mass is 9.98. The Morgan fingerprint density at radius 1 is 1.05 bits per heavy atom. The van der Waals surface area contributed by atoms with Crippen LogP contribution in [0.1, 0.15) is 16.7 Å². The molecule has 0 aliphatic heterocycles. The number of methoxy groups -OCH3 is 2. The van der Waals surface area contributed by atoms with Crippen LogP contribution >= 0.6 is 0 Å². The second-order valence-electron chi connectivity index (χ2n) is 4.79. The maximum absolute atomic E-state index is 11.6. The highest BCUT2D eigenvalue weighted by atomic mass is 16.5. The molecule has 0 aliphatic carbocycles. The van der Waals surface area contributed by atoms with Gasteiger partial charge in [0.05, 0.1) is 19.8 Å². The van der Waals surface area contributed by atoms with E-state index >= 15 is 0 Å². The molecule has 0 fully saturated rings. The van der Waals surface area contributed by atoms with Gasteiger partial charge in [0.1, 0.15) is 0 Å². The van der Waals surface area contributed by atoms with E-state index in [1.54, 1.807) is 44.6 Å². The number of benzene rings is 2. The summed E-state index contributed by atoms with van der Waals surface area (Å²) in [5.74, 6) is 0.197. The molecule has 0 aliphatic rings. The summed E-state index contributed by atoms with van der Waals surface area (Å²) >= 11 is 0. The average molecular weight is 298 g/mol. The first-order valence-corrected chi connectivity index (χ1v) is 6.80. The summed E-state index contributed by atoms with van der Waals surface area (Å²) in [7, 11) is 3.11. The first kappa shape index (κ1) is 15.6. The van der Waals surface area contributed by atoms with Crippen LogP contribution in [0.3, 0.4) is 0 Å². The normalized spacial score (nSPS) is 11.1. The van der Waals surface area contributed by atoms with Gasteiger partial charge in [-0.1, -0.05) is 30.3 Å². The number of carbonyl (C=O) groups is 1. The van der Waals surface area contributed by atoms with Crippen LogP contribution in [0.4, 0.5) is 0 Å². The molecule has 114 valence electrons. The molecular formula is C18H18O4. The van der Waals surface area contributed by atoms with Crippen molar-refractivity contribution in [3.8, 4) is 11.5 Å². The number of ether oxygens (including phenoxy) is 2. The van der Waals surface area contributed by atoms with Gasteiger partial charge in [-0.05, 0) is 41.8 Å². The summed E-state index contributed by atoms with van der Waals surface area (Å²) in [4.78, 5) is 11.6. The Morgan fingerprint density at radius 2 is 1.73 bits per heavy atom. The van der Waals surface area contributed by atoms with Gasteiger partial charge in [0.25, 0.3) is 0 Å². The van der Waals surface area contributed by atoms with Crippen LogP contribution < -0.4 is 9.47 Å². The number of rotatable bonds is 5. The fourth-order valence-electron chi connectivity index (χ4n) is 2.24. The van der Waals surface area contributed by atoms with E-state index in [0.29, 0.717) is 17.1 Å². The van der Waals surface area contributed by atoms with Gasteiger partial charge < -0.3 is 14.6 Å². The summed E-state index contributed by atoms with van der Waals surface area (Å²) in [5, 5.41) is 9.52. The number of aryl methyl sites for hydroxylation is 1. The Bertz CT molecular complexity index is 717. The minimum Gasteiger partial charge on any atom is -0.493 e. The second-order valence-corrected chi connectivity index (χ2v) is 4.79. The standard InChI is InChI=1S/C18H18O4/c1-12-6-4-5-7-14(12)15(18(19)20)10-13-8-9-16(21-2)17(11-13)22-3/h4-11H,1-3H3,(H,19,20)/b15-10+. The summed E-state index contributed by atoms with van der Waals surface area (Å²) in [6, 6.07) is 12.7. The molecule has 22 heavy (non-hydrogen) atoms. The van der Waals surface area contributed by atoms with Crippen molar-refractivity contribution in [3.05, 3.63) is 59.2 Å².